The first kappa shape index (κ1) is 11.7. The van der Waals surface area contributed by atoms with Gasteiger partial charge in [0.15, 0.2) is 0 Å². The minimum atomic E-state index is -0.00574. The second kappa shape index (κ2) is 5.05. The average molecular weight is 251 g/mol. The number of amides is 1. The lowest BCUT2D eigenvalue weighted by Gasteiger charge is -2.16. The largest absolute Gasteiger partial charge is 0.339 e. The van der Waals surface area contributed by atoms with Crippen molar-refractivity contribution in [2.45, 2.75) is 20.0 Å². The highest BCUT2D eigenvalue weighted by atomic mass is 32.1. The van der Waals surface area contributed by atoms with E-state index in [1.54, 1.807) is 30.2 Å². The molecule has 0 aliphatic carbocycles. The molecule has 0 unspecified atom stereocenters. The number of thiophene rings is 1. The van der Waals surface area contributed by atoms with E-state index in [0.29, 0.717) is 12.4 Å². The van der Waals surface area contributed by atoms with E-state index in [9.17, 15) is 4.79 Å². The molecule has 17 heavy (non-hydrogen) atoms. The molecule has 0 fully saturated rings. The Morgan fingerprint density at radius 2 is 2.41 bits per heavy atom. The third-order valence-electron chi connectivity index (χ3n) is 2.39. The third-order valence-corrected chi connectivity index (χ3v) is 3.26. The second-order valence-corrected chi connectivity index (χ2v) is 4.75. The number of rotatable bonds is 4. The van der Waals surface area contributed by atoms with Crippen LogP contribution in [0.4, 0.5) is 0 Å². The van der Waals surface area contributed by atoms with Gasteiger partial charge in [-0.2, -0.15) is 0 Å². The van der Waals surface area contributed by atoms with Gasteiger partial charge in [0.25, 0.3) is 0 Å². The van der Waals surface area contributed by atoms with E-state index < -0.39 is 0 Å². The third kappa shape index (κ3) is 2.88. The molecular weight excluding hydrogens is 238 g/mol. The Kier molecular flexibility index (Phi) is 3.48. The first-order valence-corrected chi connectivity index (χ1v) is 6.04. The monoisotopic (exact) mass is 251 g/mol. The van der Waals surface area contributed by atoms with Crippen LogP contribution in [0.2, 0.25) is 0 Å². The molecule has 6 nitrogen and oxygen atoms in total. The van der Waals surface area contributed by atoms with Crippen molar-refractivity contribution in [2.24, 2.45) is 0 Å². The summed E-state index contributed by atoms with van der Waals surface area (Å²) in [5.41, 5.74) is 0. The fourth-order valence-corrected chi connectivity index (χ4v) is 2.13. The quantitative estimate of drug-likeness (QED) is 0.802. The zero-order chi connectivity index (χ0) is 12.3. The summed E-state index contributed by atoms with van der Waals surface area (Å²) in [6.07, 6.45) is 0. The lowest BCUT2D eigenvalue weighted by Crippen LogP contribution is -2.30. The van der Waals surface area contributed by atoms with Crippen LogP contribution in [0.3, 0.4) is 0 Å². The Morgan fingerprint density at radius 3 is 3.00 bits per heavy atom. The van der Waals surface area contributed by atoms with Gasteiger partial charge in [0.05, 0.1) is 6.54 Å². The highest BCUT2D eigenvalue weighted by molar-refractivity contribution is 7.09. The fourth-order valence-electron chi connectivity index (χ4n) is 1.37. The molecule has 2 aromatic rings. The van der Waals surface area contributed by atoms with Gasteiger partial charge in [0.2, 0.25) is 5.91 Å². The topological polar surface area (TPSA) is 63.9 Å². The van der Waals surface area contributed by atoms with Crippen molar-refractivity contribution >= 4 is 17.2 Å². The van der Waals surface area contributed by atoms with Crippen LogP contribution in [0.1, 0.15) is 10.7 Å². The van der Waals surface area contributed by atoms with Gasteiger partial charge < -0.3 is 4.90 Å². The number of hydrogen-bond donors (Lipinski definition) is 0. The Morgan fingerprint density at radius 1 is 1.59 bits per heavy atom. The summed E-state index contributed by atoms with van der Waals surface area (Å²) < 4.78 is 1.49. The van der Waals surface area contributed by atoms with E-state index in [1.807, 2.05) is 17.5 Å². The molecule has 0 atom stereocenters. The van der Waals surface area contributed by atoms with Crippen molar-refractivity contribution in [1.82, 2.24) is 25.1 Å². The maximum Gasteiger partial charge on any atom is 0.244 e. The van der Waals surface area contributed by atoms with E-state index in [1.165, 1.54) is 4.68 Å². The Labute approximate surface area is 103 Å². The number of likely N-dealkylation sites (N-methyl/N-ethyl adjacent to an activating group) is 1. The van der Waals surface area contributed by atoms with Gasteiger partial charge in [-0.3, -0.25) is 4.79 Å². The maximum atomic E-state index is 11.9. The van der Waals surface area contributed by atoms with Gasteiger partial charge in [-0.15, -0.1) is 16.4 Å². The van der Waals surface area contributed by atoms with Crippen LogP contribution in [0.25, 0.3) is 0 Å². The fraction of sp³-hybridized carbons (Fsp3) is 0.400. The molecule has 7 heteroatoms. The molecule has 2 rings (SSSR count). The molecule has 2 heterocycles. The number of aromatic nitrogens is 4. The zero-order valence-corrected chi connectivity index (χ0v) is 10.5. The Bertz CT molecular complexity index is 493. The minimum absolute atomic E-state index is 0.00574. The average Bonchev–Trinajstić information content (AvgIpc) is 2.91. The van der Waals surface area contributed by atoms with Crippen LogP contribution in [0.15, 0.2) is 17.5 Å². The van der Waals surface area contributed by atoms with Crippen LogP contribution in [0.5, 0.6) is 0 Å². The number of carbonyl (C=O) groups excluding carboxylic acids is 1. The highest BCUT2D eigenvalue weighted by Gasteiger charge is 2.12. The molecule has 0 saturated carbocycles. The summed E-state index contributed by atoms with van der Waals surface area (Å²) >= 11 is 1.64. The summed E-state index contributed by atoms with van der Waals surface area (Å²) in [6, 6.07) is 3.99. The van der Waals surface area contributed by atoms with Crippen LogP contribution >= 0.6 is 11.3 Å². The first-order chi connectivity index (χ1) is 8.16. The van der Waals surface area contributed by atoms with Crippen LogP contribution < -0.4 is 0 Å². The molecule has 0 spiro atoms. The molecule has 90 valence electrons. The Balaban J connectivity index is 1.94. The van der Waals surface area contributed by atoms with Crippen molar-refractivity contribution in [2.75, 3.05) is 7.05 Å². The van der Waals surface area contributed by atoms with Crippen molar-refractivity contribution in [3.63, 3.8) is 0 Å². The predicted molar refractivity (Wildman–Crippen MR) is 63.3 cm³/mol. The first-order valence-electron chi connectivity index (χ1n) is 5.16. The molecule has 0 radical (unpaired) electrons. The summed E-state index contributed by atoms with van der Waals surface area (Å²) in [5.74, 6) is 0.636. The van der Waals surface area contributed by atoms with Crippen LogP contribution in [-0.4, -0.2) is 38.1 Å². The molecular formula is C10H13N5OS. The van der Waals surface area contributed by atoms with Crippen molar-refractivity contribution in [1.29, 1.82) is 0 Å². The molecule has 0 N–H and O–H groups in total. The second-order valence-electron chi connectivity index (χ2n) is 3.71. The predicted octanol–water partition coefficient (Wildman–Crippen LogP) is 0.702. The minimum Gasteiger partial charge on any atom is -0.339 e. The van der Waals surface area contributed by atoms with E-state index in [2.05, 4.69) is 15.5 Å². The van der Waals surface area contributed by atoms with E-state index in [-0.39, 0.29) is 12.5 Å². The summed E-state index contributed by atoms with van der Waals surface area (Å²) in [5, 5.41) is 13.0. The number of tetrazole rings is 1. The SMILES string of the molecule is Cc1nnnn1CC(=O)N(C)Cc1cccs1. The van der Waals surface area contributed by atoms with Gasteiger partial charge in [0.1, 0.15) is 12.4 Å². The van der Waals surface area contributed by atoms with E-state index in [4.69, 9.17) is 0 Å². The van der Waals surface area contributed by atoms with Gasteiger partial charge in [0, 0.05) is 11.9 Å². The Hall–Kier alpha value is -1.76. The summed E-state index contributed by atoms with van der Waals surface area (Å²) in [4.78, 5) is 14.7. The smallest absolute Gasteiger partial charge is 0.244 e. The summed E-state index contributed by atoms with van der Waals surface area (Å²) in [7, 11) is 1.78. The summed E-state index contributed by atoms with van der Waals surface area (Å²) in [6.45, 7) is 2.57. The standard InChI is InChI=1S/C10H13N5OS/c1-8-11-12-13-15(8)7-10(16)14(2)6-9-4-3-5-17-9/h3-5H,6-7H2,1-2H3. The normalized spacial score (nSPS) is 10.5. The maximum absolute atomic E-state index is 11.9. The van der Waals surface area contributed by atoms with Crippen molar-refractivity contribution in [3.8, 4) is 0 Å². The lowest BCUT2D eigenvalue weighted by molar-refractivity contribution is -0.131. The zero-order valence-electron chi connectivity index (χ0n) is 9.70. The van der Waals surface area contributed by atoms with E-state index in [0.717, 1.165) is 4.88 Å². The number of hydrogen-bond acceptors (Lipinski definition) is 5. The van der Waals surface area contributed by atoms with Crippen LogP contribution in [0, 0.1) is 6.92 Å². The molecule has 0 bridgehead atoms. The van der Waals surface area contributed by atoms with Gasteiger partial charge in [-0.25, -0.2) is 4.68 Å². The lowest BCUT2D eigenvalue weighted by atomic mass is 10.4. The van der Waals surface area contributed by atoms with Crippen LogP contribution in [-0.2, 0) is 17.9 Å². The van der Waals surface area contributed by atoms with Gasteiger partial charge >= 0.3 is 0 Å². The molecule has 0 aliphatic rings. The van der Waals surface area contributed by atoms with Crippen molar-refractivity contribution in [3.05, 3.63) is 28.2 Å². The van der Waals surface area contributed by atoms with Gasteiger partial charge in [-0.05, 0) is 28.8 Å². The van der Waals surface area contributed by atoms with Crippen molar-refractivity contribution < 1.29 is 4.79 Å². The molecule has 2 aromatic heterocycles. The molecule has 1 amide bonds. The number of aryl methyl sites for hydroxylation is 1. The van der Waals surface area contributed by atoms with Gasteiger partial charge in [-0.1, -0.05) is 6.07 Å². The highest BCUT2D eigenvalue weighted by Crippen LogP contribution is 2.11. The number of nitrogens with zero attached hydrogens (tertiary/aromatic N) is 5. The molecule has 0 saturated heterocycles. The molecule has 0 aromatic carbocycles. The molecule has 0 aliphatic heterocycles. The van der Waals surface area contributed by atoms with E-state index >= 15 is 0 Å². The number of carbonyl (C=O) groups is 1.